The van der Waals surface area contributed by atoms with Crippen LogP contribution in [0.3, 0.4) is 0 Å². The lowest BCUT2D eigenvalue weighted by Crippen LogP contribution is -2.38. The molecule has 0 unspecified atom stereocenters. The van der Waals surface area contributed by atoms with Crippen molar-refractivity contribution >= 4 is 23.2 Å². The van der Waals surface area contributed by atoms with Crippen LogP contribution in [0, 0.1) is 11.6 Å². The predicted octanol–water partition coefficient (Wildman–Crippen LogP) is 4.25. The summed E-state index contributed by atoms with van der Waals surface area (Å²) in [5.41, 5.74) is 0.708. The van der Waals surface area contributed by atoms with Gasteiger partial charge in [-0.1, -0.05) is 45.0 Å². The number of hydrogen-bond acceptors (Lipinski definition) is 2. The molecule has 0 aliphatic rings. The van der Waals surface area contributed by atoms with Gasteiger partial charge in [0.25, 0.3) is 0 Å². The van der Waals surface area contributed by atoms with E-state index in [2.05, 4.69) is 5.32 Å². The van der Waals surface area contributed by atoms with Crippen LogP contribution >= 0.6 is 0 Å². The van der Waals surface area contributed by atoms with E-state index in [4.69, 9.17) is 0 Å². The van der Waals surface area contributed by atoms with Crippen LogP contribution in [0.2, 0.25) is 0 Å². The van der Waals surface area contributed by atoms with Crippen LogP contribution in [0.4, 0.5) is 20.2 Å². The third-order valence-electron chi connectivity index (χ3n) is 3.91. The molecule has 4 nitrogen and oxygen atoms in total. The van der Waals surface area contributed by atoms with E-state index in [9.17, 15) is 18.4 Å². The summed E-state index contributed by atoms with van der Waals surface area (Å²) in [6.45, 7) is 6.99. The highest BCUT2D eigenvalue weighted by molar-refractivity contribution is 6.02. The molecule has 2 aromatic carbocycles. The molecule has 0 aromatic heterocycles. The fraction of sp³-hybridized carbons (Fsp3) is 0.300. The smallest absolute Gasteiger partial charge is 0.244 e. The van der Waals surface area contributed by atoms with E-state index in [0.717, 1.165) is 17.7 Å². The third-order valence-corrected chi connectivity index (χ3v) is 3.91. The van der Waals surface area contributed by atoms with E-state index in [1.165, 1.54) is 17.9 Å². The molecular weight excluding hydrogens is 338 g/mol. The molecule has 26 heavy (non-hydrogen) atoms. The standard InChI is InChI=1S/C20H22F2N2O2/c1-13(25)24(17-11-6-5-8-14(17)20(2,3)4)12-18(26)23-19-15(21)9-7-10-16(19)22/h5-11H,12H2,1-4H3,(H,23,26). The number of carbonyl (C=O) groups excluding carboxylic acids is 2. The average Bonchev–Trinajstić information content (AvgIpc) is 2.55. The molecule has 0 aliphatic carbocycles. The quantitative estimate of drug-likeness (QED) is 0.886. The number of anilines is 2. The normalized spacial score (nSPS) is 11.2. The summed E-state index contributed by atoms with van der Waals surface area (Å²) < 4.78 is 27.4. The van der Waals surface area contributed by atoms with Crippen LogP contribution in [0.15, 0.2) is 42.5 Å². The number of amides is 2. The fourth-order valence-electron chi connectivity index (χ4n) is 2.65. The Morgan fingerprint density at radius 1 is 1.00 bits per heavy atom. The van der Waals surface area contributed by atoms with Crippen molar-refractivity contribution in [2.45, 2.75) is 33.1 Å². The van der Waals surface area contributed by atoms with Crippen molar-refractivity contribution in [1.29, 1.82) is 0 Å². The number of rotatable bonds is 4. The molecule has 2 aromatic rings. The first-order valence-electron chi connectivity index (χ1n) is 8.22. The van der Waals surface area contributed by atoms with Crippen LogP contribution in [-0.2, 0) is 15.0 Å². The topological polar surface area (TPSA) is 49.4 Å². The molecule has 0 atom stereocenters. The Balaban J connectivity index is 2.30. The highest BCUT2D eigenvalue weighted by atomic mass is 19.1. The van der Waals surface area contributed by atoms with Gasteiger partial charge in [0.05, 0.1) is 0 Å². The third kappa shape index (κ3) is 4.45. The van der Waals surface area contributed by atoms with Crippen molar-refractivity contribution in [1.82, 2.24) is 0 Å². The summed E-state index contributed by atoms with van der Waals surface area (Å²) >= 11 is 0. The summed E-state index contributed by atoms with van der Waals surface area (Å²) in [4.78, 5) is 25.8. The fourth-order valence-corrected chi connectivity index (χ4v) is 2.65. The van der Waals surface area contributed by atoms with Gasteiger partial charge in [0.2, 0.25) is 11.8 Å². The molecule has 6 heteroatoms. The largest absolute Gasteiger partial charge is 0.320 e. The minimum absolute atomic E-state index is 0.252. The van der Waals surface area contributed by atoms with Crippen molar-refractivity contribution in [3.05, 3.63) is 59.7 Å². The highest BCUT2D eigenvalue weighted by Gasteiger charge is 2.25. The summed E-state index contributed by atoms with van der Waals surface area (Å²) in [5, 5.41) is 2.21. The maximum absolute atomic E-state index is 13.7. The number of benzene rings is 2. The molecule has 1 N–H and O–H groups in total. The van der Waals surface area contributed by atoms with Crippen molar-refractivity contribution in [2.24, 2.45) is 0 Å². The summed E-state index contributed by atoms with van der Waals surface area (Å²) in [6, 6.07) is 10.6. The van der Waals surface area contributed by atoms with E-state index in [1.807, 2.05) is 32.9 Å². The van der Waals surface area contributed by atoms with Gasteiger partial charge in [0.1, 0.15) is 23.9 Å². The number of halogens is 2. The summed E-state index contributed by atoms with van der Waals surface area (Å²) in [6.07, 6.45) is 0. The summed E-state index contributed by atoms with van der Waals surface area (Å²) in [7, 11) is 0. The van der Waals surface area contributed by atoms with E-state index < -0.39 is 23.2 Å². The Morgan fingerprint density at radius 3 is 2.12 bits per heavy atom. The summed E-state index contributed by atoms with van der Waals surface area (Å²) in [5.74, 6) is -2.77. The lowest BCUT2D eigenvalue weighted by Gasteiger charge is -2.29. The molecule has 0 saturated carbocycles. The molecule has 0 radical (unpaired) electrons. The van der Waals surface area contributed by atoms with Crippen LogP contribution in [-0.4, -0.2) is 18.4 Å². The minimum atomic E-state index is -0.872. The molecular formula is C20H22F2N2O2. The number of nitrogens with one attached hydrogen (secondary N) is 1. The Bertz CT molecular complexity index is 809. The van der Waals surface area contributed by atoms with Gasteiger partial charge >= 0.3 is 0 Å². The average molecular weight is 360 g/mol. The number of para-hydroxylation sites is 2. The van der Waals surface area contributed by atoms with Gasteiger partial charge in [0.15, 0.2) is 0 Å². The lowest BCUT2D eigenvalue weighted by molar-refractivity contribution is -0.120. The number of nitrogens with zero attached hydrogens (tertiary/aromatic N) is 1. The zero-order chi connectivity index (χ0) is 19.5. The maximum Gasteiger partial charge on any atom is 0.244 e. The first kappa shape index (κ1) is 19.6. The van der Waals surface area contributed by atoms with E-state index in [0.29, 0.717) is 5.69 Å². The second-order valence-electron chi connectivity index (χ2n) is 7.02. The van der Waals surface area contributed by atoms with Gasteiger partial charge in [-0.05, 0) is 29.2 Å². The molecule has 0 bridgehead atoms. The zero-order valence-corrected chi connectivity index (χ0v) is 15.3. The molecule has 0 spiro atoms. The van der Waals surface area contributed by atoms with E-state index >= 15 is 0 Å². The zero-order valence-electron chi connectivity index (χ0n) is 15.3. The molecule has 2 rings (SSSR count). The predicted molar refractivity (Wildman–Crippen MR) is 98.2 cm³/mol. The van der Waals surface area contributed by atoms with Gasteiger partial charge < -0.3 is 10.2 Å². The highest BCUT2D eigenvalue weighted by Crippen LogP contribution is 2.32. The maximum atomic E-state index is 13.7. The second-order valence-corrected chi connectivity index (χ2v) is 7.02. The Morgan fingerprint density at radius 2 is 1.58 bits per heavy atom. The Labute approximate surface area is 151 Å². The van der Waals surface area contributed by atoms with Gasteiger partial charge in [-0.3, -0.25) is 9.59 Å². The SMILES string of the molecule is CC(=O)N(CC(=O)Nc1c(F)cccc1F)c1ccccc1C(C)(C)C. The van der Waals surface area contributed by atoms with Crippen molar-refractivity contribution in [3.63, 3.8) is 0 Å². The number of hydrogen-bond donors (Lipinski definition) is 1. The van der Waals surface area contributed by atoms with Crippen LogP contribution < -0.4 is 10.2 Å². The second kappa shape index (κ2) is 7.64. The molecule has 0 aliphatic heterocycles. The van der Waals surface area contributed by atoms with Crippen LogP contribution in [0.1, 0.15) is 33.3 Å². The first-order valence-corrected chi connectivity index (χ1v) is 8.22. The lowest BCUT2D eigenvalue weighted by atomic mass is 9.85. The molecule has 0 fully saturated rings. The number of carbonyl (C=O) groups is 2. The van der Waals surface area contributed by atoms with Crippen LogP contribution in [0.5, 0.6) is 0 Å². The molecule has 2 amide bonds. The molecule has 138 valence electrons. The first-order chi connectivity index (χ1) is 12.1. The minimum Gasteiger partial charge on any atom is -0.320 e. The van der Waals surface area contributed by atoms with E-state index in [-0.39, 0.29) is 17.9 Å². The van der Waals surface area contributed by atoms with Crippen molar-refractivity contribution in [3.8, 4) is 0 Å². The Kier molecular flexibility index (Phi) is 5.75. The molecule has 0 heterocycles. The van der Waals surface area contributed by atoms with Crippen molar-refractivity contribution < 1.29 is 18.4 Å². The van der Waals surface area contributed by atoms with Crippen molar-refractivity contribution in [2.75, 3.05) is 16.8 Å². The van der Waals surface area contributed by atoms with Gasteiger partial charge in [0, 0.05) is 12.6 Å². The van der Waals surface area contributed by atoms with Crippen LogP contribution in [0.25, 0.3) is 0 Å². The van der Waals surface area contributed by atoms with E-state index in [1.54, 1.807) is 12.1 Å². The molecule has 0 saturated heterocycles. The Hall–Kier alpha value is -2.76. The van der Waals surface area contributed by atoms with Gasteiger partial charge in [-0.25, -0.2) is 8.78 Å². The monoisotopic (exact) mass is 360 g/mol. The van der Waals surface area contributed by atoms with Gasteiger partial charge in [-0.2, -0.15) is 0 Å². The van der Waals surface area contributed by atoms with Gasteiger partial charge in [-0.15, -0.1) is 0 Å².